The number of hydrogen-bond donors (Lipinski definition) is 1. The summed E-state index contributed by atoms with van der Waals surface area (Å²) >= 11 is 3.22. The average Bonchev–Trinajstić information content (AvgIpc) is 3.14. The number of aromatic nitrogens is 2. The Hall–Kier alpha value is -3.27. The number of nitro groups is 1. The number of benzene rings is 2. The third-order valence-corrected chi connectivity index (χ3v) is 4.07. The van der Waals surface area contributed by atoms with Crippen LogP contribution in [0.25, 0.3) is 11.5 Å². The minimum atomic E-state index is -0.866. The zero-order chi connectivity index (χ0) is 19.6. The van der Waals surface area contributed by atoms with E-state index in [1.165, 1.54) is 36.4 Å². The highest BCUT2D eigenvalue weighted by molar-refractivity contribution is 9.10. The van der Waals surface area contributed by atoms with Gasteiger partial charge in [0.2, 0.25) is 5.89 Å². The maximum Gasteiger partial charge on any atom is 0.342 e. The predicted octanol–water partition coefficient (Wildman–Crippen LogP) is 4.03. The first kappa shape index (κ1) is 18.5. The number of esters is 1. The van der Waals surface area contributed by atoms with E-state index in [0.29, 0.717) is 10.0 Å². The van der Waals surface area contributed by atoms with Crippen LogP contribution in [0.1, 0.15) is 29.3 Å². The molecular formula is C17H12BrN3O6. The lowest BCUT2D eigenvalue weighted by Gasteiger charge is -2.10. The minimum Gasteiger partial charge on any atom is -0.507 e. The fourth-order valence-electron chi connectivity index (χ4n) is 2.19. The third-order valence-electron chi connectivity index (χ3n) is 3.58. The molecule has 0 aliphatic heterocycles. The molecule has 1 atom stereocenters. The summed E-state index contributed by atoms with van der Waals surface area (Å²) in [5, 5.41) is 28.2. The highest BCUT2D eigenvalue weighted by Crippen LogP contribution is 2.27. The fourth-order valence-corrected chi connectivity index (χ4v) is 2.55. The molecule has 9 nitrogen and oxygen atoms in total. The molecule has 3 rings (SSSR count). The number of hydrogen-bond acceptors (Lipinski definition) is 8. The Kier molecular flexibility index (Phi) is 5.17. The molecule has 0 fully saturated rings. The summed E-state index contributed by atoms with van der Waals surface area (Å²) in [6, 6.07) is 9.98. The van der Waals surface area contributed by atoms with Crippen molar-refractivity contribution in [3.05, 3.63) is 68.5 Å². The van der Waals surface area contributed by atoms with E-state index in [2.05, 4.69) is 26.1 Å². The van der Waals surface area contributed by atoms with Crippen molar-refractivity contribution < 1.29 is 24.0 Å². The second kappa shape index (κ2) is 7.54. The number of non-ortho nitro benzene ring substituents is 1. The van der Waals surface area contributed by atoms with Crippen molar-refractivity contribution in [2.45, 2.75) is 13.0 Å². The first-order chi connectivity index (χ1) is 12.8. The normalized spacial score (nSPS) is 11.8. The van der Waals surface area contributed by atoms with Crippen molar-refractivity contribution in [1.82, 2.24) is 10.2 Å². The second-order valence-corrected chi connectivity index (χ2v) is 6.37. The van der Waals surface area contributed by atoms with Gasteiger partial charge in [-0.15, -0.1) is 10.2 Å². The van der Waals surface area contributed by atoms with Crippen LogP contribution in [0, 0.1) is 10.1 Å². The van der Waals surface area contributed by atoms with E-state index in [1.54, 1.807) is 13.0 Å². The predicted molar refractivity (Wildman–Crippen MR) is 96.0 cm³/mol. The number of phenolic OH excluding ortho intramolecular Hbond substituents is 1. The van der Waals surface area contributed by atoms with Gasteiger partial charge in [0.1, 0.15) is 11.3 Å². The smallest absolute Gasteiger partial charge is 0.342 e. The number of rotatable bonds is 5. The first-order valence-corrected chi connectivity index (χ1v) is 8.42. The Morgan fingerprint density at radius 2 is 1.96 bits per heavy atom. The van der Waals surface area contributed by atoms with E-state index >= 15 is 0 Å². The van der Waals surface area contributed by atoms with Crippen molar-refractivity contribution in [2.24, 2.45) is 0 Å². The van der Waals surface area contributed by atoms with Gasteiger partial charge in [-0.1, -0.05) is 15.9 Å². The van der Waals surface area contributed by atoms with Crippen LogP contribution in [0.2, 0.25) is 0 Å². The molecule has 1 N–H and O–H groups in total. The van der Waals surface area contributed by atoms with Gasteiger partial charge in [-0.3, -0.25) is 10.1 Å². The summed E-state index contributed by atoms with van der Waals surface area (Å²) in [5.74, 6) is -0.789. The van der Waals surface area contributed by atoms with Crippen LogP contribution in [0.4, 0.5) is 5.69 Å². The second-order valence-electron chi connectivity index (χ2n) is 5.46. The molecule has 27 heavy (non-hydrogen) atoms. The van der Waals surface area contributed by atoms with Crippen LogP contribution in [-0.4, -0.2) is 26.2 Å². The number of nitrogens with zero attached hydrogens (tertiary/aromatic N) is 3. The topological polar surface area (TPSA) is 129 Å². The Labute approximate surface area is 160 Å². The maximum absolute atomic E-state index is 12.2. The number of ether oxygens (including phenoxy) is 1. The molecule has 1 aromatic heterocycles. The molecule has 138 valence electrons. The number of aromatic hydroxyl groups is 1. The number of carbonyl (C=O) groups is 1. The molecule has 0 aliphatic rings. The molecule has 0 radical (unpaired) electrons. The van der Waals surface area contributed by atoms with Gasteiger partial charge < -0.3 is 14.3 Å². The molecule has 0 amide bonds. The van der Waals surface area contributed by atoms with E-state index in [4.69, 9.17) is 9.15 Å². The van der Waals surface area contributed by atoms with Crippen LogP contribution in [-0.2, 0) is 4.74 Å². The molecule has 0 saturated heterocycles. The maximum atomic E-state index is 12.2. The van der Waals surface area contributed by atoms with E-state index in [0.717, 1.165) is 0 Å². The molecular weight excluding hydrogens is 422 g/mol. The number of halogens is 1. The number of carbonyl (C=O) groups excluding carboxylic acids is 1. The Balaban J connectivity index is 1.74. The molecule has 3 aromatic rings. The van der Waals surface area contributed by atoms with Crippen LogP contribution >= 0.6 is 15.9 Å². The molecule has 0 bridgehead atoms. The van der Waals surface area contributed by atoms with E-state index in [-0.39, 0.29) is 28.8 Å². The van der Waals surface area contributed by atoms with Crippen LogP contribution in [0.5, 0.6) is 5.75 Å². The lowest BCUT2D eigenvalue weighted by Crippen LogP contribution is -2.10. The van der Waals surface area contributed by atoms with Crippen LogP contribution in [0.15, 0.2) is 51.4 Å². The standard InChI is InChI=1S/C17H12BrN3O6/c1-9(26-17(23)13-8-11(18)4-7-14(13)22)15-19-20-16(27-15)10-2-5-12(6-3-10)21(24)25/h2-9,22H,1H3. The number of phenols is 1. The summed E-state index contributed by atoms with van der Waals surface area (Å²) in [6.07, 6.45) is -0.866. The summed E-state index contributed by atoms with van der Waals surface area (Å²) in [7, 11) is 0. The van der Waals surface area contributed by atoms with Gasteiger partial charge in [-0.25, -0.2) is 4.79 Å². The van der Waals surface area contributed by atoms with Gasteiger partial charge >= 0.3 is 5.97 Å². The van der Waals surface area contributed by atoms with Crippen molar-refractivity contribution in [3.63, 3.8) is 0 Å². The summed E-state index contributed by atoms with van der Waals surface area (Å²) < 4.78 is 11.3. The SMILES string of the molecule is CC(OC(=O)c1cc(Br)ccc1O)c1nnc(-c2ccc([N+](=O)[O-])cc2)o1. The summed E-state index contributed by atoms with van der Waals surface area (Å²) in [4.78, 5) is 22.4. The fraction of sp³-hybridized carbons (Fsp3) is 0.118. The van der Waals surface area contributed by atoms with E-state index in [1.807, 2.05) is 0 Å². The molecule has 10 heteroatoms. The van der Waals surface area contributed by atoms with Crippen molar-refractivity contribution in [3.8, 4) is 17.2 Å². The van der Waals surface area contributed by atoms with Gasteiger partial charge in [0, 0.05) is 22.2 Å². The van der Waals surface area contributed by atoms with Crippen LogP contribution < -0.4 is 0 Å². The molecule has 2 aromatic carbocycles. The summed E-state index contributed by atoms with van der Waals surface area (Å²) in [6.45, 7) is 1.54. The highest BCUT2D eigenvalue weighted by Gasteiger charge is 2.22. The van der Waals surface area contributed by atoms with Crippen LogP contribution in [0.3, 0.4) is 0 Å². The van der Waals surface area contributed by atoms with Crippen molar-refractivity contribution in [2.75, 3.05) is 0 Å². The molecule has 0 saturated carbocycles. The molecule has 0 aliphatic carbocycles. The lowest BCUT2D eigenvalue weighted by molar-refractivity contribution is -0.384. The Morgan fingerprint density at radius 1 is 1.26 bits per heavy atom. The Bertz CT molecular complexity index is 1000. The van der Waals surface area contributed by atoms with Gasteiger partial charge in [0.05, 0.1) is 4.92 Å². The molecule has 0 spiro atoms. The zero-order valence-corrected chi connectivity index (χ0v) is 15.4. The summed E-state index contributed by atoms with van der Waals surface area (Å²) in [5.41, 5.74) is 0.420. The number of nitro benzene ring substituents is 1. The van der Waals surface area contributed by atoms with Gasteiger partial charge in [-0.2, -0.15) is 0 Å². The monoisotopic (exact) mass is 433 g/mol. The van der Waals surface area contributed by atoms with E-state index < -0.39 is 17.0 Å². The van der Waals surface area contributed by atoms with E-state index in [9.17, 15) is 20.0 Å². The first-order valence-electron chi connectivity index (χ1n) is 7.63. The van der Waals surface area contributed by atoms with Gasteiger partial charge in [0.25, 0.3) is 11.6 Å². The quantitative estimate of drug-likeness (QED) is 0.362. The molecule has 1 unspecified atom stereocenters. The third kappa shape index (κ3) is 4.11. The Morgan fingerprint density at radius 3 is 2.63 bits per heavy atom. The van der Waals surface area contributed by atoms with Gasteiger partial charge in [-0.05, 0) is 37.3 Å². The average molecular weight is 434 g/mol. The van der Waals surface area contributed by atoms with Gasteiger partial charge in [0.15, 0.2) is 6.10 Å². The van der Waals surface area contributed by atoms with Crippen molar-refractivity contribution in [1.29, 1.82) is 0 Å². The lowest BCUT2D eigenvalue weighted by atomic mass is 10.2. The van der Waals surface area contributed by atoms with Crippen molar-refractivity contribution >= 4 is 27.6 Å². The largest absolute Gasteiger partial charge is 0.507 e. The molecule has 1 heterocycles. The zero-order valence-electron chi connectivity index (χ0n) is 13.8. The highest BCUT2D eigenvalue weighted by atomic mass is 79.9. The minimum absolute atomic E-state index is 0.00803.